The summed E-state index contributed by atoms with van der Waals surface area (Å²) in [4.78, 5) is 12.1. The largest absolute Gasteiger partial charge is 0.458 e. The van der Waals surface area contributed by atoms with Crippen molar-refractivity contribution >= 4 is 30.9 Å². The van der Waals surface area contributed by atoms with Gasteiger partial charge in [0.1, 0.15) is 18.3 Å². The third kappa shape index (κ3) is 8.59. The lowest BCUT2D eigenvalue weighted by Crippen LogP contribution is -2.44. The van der Waals surface area contributed by atoms with E-state index in [2.05, 4.69) is 58.9 Å². The van der Waals surface area contributed by atoms with Crippen molar-refractivity contribution in [2.75, 3.05) is 6.61 Å². The second kappa shape index (κ2) is 7.49. The SMILES string of the molecule is C[Si](C)(C)OCC(O[Si](C)(C)C)C1CC(O[Si](C)(C)C)C(=O)O1. The van der Waals surface area contributed by atoms with E-state index in [0.29, 0.717) is 13.0 Å². The van der Waals surface area contributed by atoms with Crippen molar-refractivity contribution in [1.29, 1.82) is 0 Å². The summed E-state index contributed by atoms with van der Waals surface area (Å²) in [7, 11) is -5.19. The second-order valence-electron chi connectivity index (χ2n) is 9.12. The van der Waals surface area contributed by atoms with Gasteiger partial charge in [0, 0.05) is 6.42 Å². The summed E-state index contributed by atoms with van der Waals surface area (Å²) in [6.45, 7) is 19.6. The number of hydrogen-bond donors (Lipinski definition) is 0. The van der Waals surface area contributed by atoms with Gasteiger partial charge in [-0.05, 0) is 58.9 Å². The van der Waals surface area contributed by atoms with Gasteiger partial charge in [0.05, 0.1) is 6.61 Å². The summed E-state index contributed by atoms with van der Waals surface area (Å²) < 4.78 is 23.8. The van der Waals surface area contributed by atoms with Gasteiger partial charge in [0.2, 0.25) is 0 Å². The molecule has 0 bridgehead atoms. The molecule has 1 heterocycles. The Bertz CT molecular complexity index is 409. The average Bonchev–Trinajstić information content (AvgIpc) is 2.61. The Morgan fingerprint density at radius 1 is 1.00 bits per heavy atom. The van der Waals surface area contributed by atoms with Crippen molar-refractivity contribution in [2.45, 2.75) is 83.7 Å². The Hall–Kier alpha value is 0.000649. The van der Waals surface area contributed by atoms with Gasteiger partial charge in [-0.3, -0.25) is 0 Å². The van der Waals surface area contributed by atoms with E-state index in [1.165, 1.54) is 0 Å². The molecule has 23 heavy (non-hydrogen) atoms. The predicted molar refractivity (Wildman–Crippen MR) is 100 cm³/mol. The number of carbonyl (C=O) groups excluding carboxylic acids is 1. The molecule has 0 aromatic heterocycles. The molecule has 1 rings (SSSR count). The number of esters is 1. The van der Waals surface area contributed by atoms with Crippen LogP contribution in [0.15, 0.2) is 0 Å². The number of cyclic esters (lactones) is 1. The van der Waals surface area contributed by atoms with E-state index in [1.807, 2.05) is 0 Å². The molecular formula is C15H34O5Si3. The van der Waals surface area contributed by atoms with Gasteiger partial charge in [-0.15, -0.1) is 0 Å². The number of rotatable bonds is 8. The van der Waals surface area contributed by atoms with Gasteiger partial charge in [0.15, 0.2) is 25.0 Å². The highest BCUT2D eigenvalue weighted by atomic mass is 28.4. The zero-order valence-corrected chi connectivity index (χ0v) is 19.2. The van der Waals surface area contributed by atoms with Gasteiger partial charge >= 0.3 is 5.97 Å². The van der Waals surface area contributed by atoms with E-state index in [0.717, 1.165) is 0 Å². The number of hydrogen-bond acceptors (Lipinski definition) is 5. The first-order valence-corrected chi connectivity index (χ1v) is 18.6. The molecule has 3 atom stereocenters. The molecule has 0 radical (unpaired) electrons. The Labute approximate surface area is 144 Å². The minimum absolute atomic E-state index is 0.201. The second-order valence-corrected chi connectivity index (χ2v) is 22.6. The van der Waals surface area contributed by atoms with Crippen LogP contribution in [0.5, 0.6) is 0 Å². The molecule has 1 aliphatic rings. The van der Waals surface area contributed by atoms with E-state index in [9.17, 15) is 4.79 Å². The minimum atomic E-state index is -1.78. The van der Waals surface area contributed by atoms with Crippen LogP contribution in [0.1, 0.15) is 6.42 Å². The van der Waals surface area contributed by atoms with Crippen LogP contribution in [0.3, 0.4) is 0 Å². The molecule has 0 aliphatic carbocycles. The molecule has 1 aliphatic heterocycles. The zero-order valence-electron chi connectivity index (χ0n) is 16.2. The van der Waals surface area contributed by atoms with Gasteiger partial charge in [0.25, 0.3) is 0 Å². The van der Waals surface area contributed by atoms with Crippen molar-refractivity contribution < 1.29 is 22.8 Å². The fraction of sp³-hybridized carbons (Fsp3) is 0.933. The molecule has 5 nitrogen and oxygen atoms in total. The Morgan fingerprint density at radius 2 is 1.57 bits per heavy atom. The minimum Gasteiger partial charge on any atom is -0.458 e. The van der Waals surface area contributed by atoms with Gasteiger partial charge in [-0.1, -0.05) is 0 Å². The summed E-state index contributed by atoms with van der Waals surface area (Å²) in [5, 5.41) is 0. The van der Waals surface area contributed by atoms with Crippen LogP contribution >= 0.6 is 0 Å². The molecule has 0 aromatic rings. The molecule has 1 saturated heterocycles. The lowest BCUT2D eigenvalue weighted by molar-refractivity contribution is -0.150. The highest BCUT2D eigenvalue weighted by Crippen LogP contribution is 2.27. The maximum Gasteiger partial charge on any atom is 0.334 e. The Balaban J connectivity index is 2.76. The van der Waals surface area contributed by atoms with E-state index >= 15 is 0 Å². The maximum atomic E-state index is 12.1. The lowest BCUT2D eigenvalue weighted by atomic mass is 10.1. The molecule has 0 aromatic carbocycles. The van der Waals surface area contributed by atoms with Crippen LogP contribution in [0.4, 0.5) is 0 Å². The van der Waals surface area contributed by atoms with E-state index < -0.39 is 31.1 Å². The van der Waals surface area contributed by atoms with Crippen LogP contribution in [0.2, 0.25) is 58.9 Å². The van der Waals surface area contributed by atoms with Crippen molar-refractivity contribution in [2.24, 2.45) is 0 Å². The van der Waals surface area contributed by atoms with Crippen LogP contribution < -0.4 is 0 Å². The first-order chi connectivity index (χ1) is 10.2. The lowest BCUT2D eigenvalue weighted by Gasteiger charge is -2.31. The van der Waals surface area contributed by atoms with E-state index in [1.54, 1.807) is 0 Å². The number of carbonyl (C=O) groups is 1. The quantitative estimate of drug-likeness (QED) is 0.477. The molecule has 0 saturated carbocycles. The smallest absolute Gasteiger partial charge is 0.334 e. The highest BCUT2D eigenvalue weighted by Gasteiger charge is 2.43. The highest BCUT2D eigenvalue weighted by molar-refractivity contribution is 6.70. The molecule has 1 fully saturated rings. The van der Waals surface area contributed by atoms with E-state index in [4.69, 9.17) is 18.0 Å². The third-order valence-electron chi connectivity index (χ3n) is 3.07. The summed E-state index contributed by atoms with van der Waals surface area (Å²) in [6, 6.07) is 0. The maximum absolute atomic E-state index is 12.1. The molecule has 3 unspecified atom stereocenters. The fourth-order valence-corrected chi connectivity index (χ4v) is 5.17. The van der Waals surface area contributed by atoms with Gasteiger partial charge < -0.3 is 18.0 Å². The molecule has 8 heteroatoms. The molecule has 0 N–H and O–H groups in total. The summed E-state index contributed by atoms with van der Waals surface area (Å²) >= 11 is 0. The zero-order chi connectivity index (χ0) is 18.1. The predicted octanol–water partition coefficient (Wildman–Crippen LogP) is 3.59. The van der Waals surface area contributed by atoms with Crippen molar-refractivity contribution in [3.8, 4) is 0 Å². The third-order valence-corrected chi connectivity index (χ3v) is 6.11. The van der Waals surface area contributed by atoms with Gasteiger partial charge in [-0.25, -0.2) is 4.79 Å². The summed E-state index contributed by atoms with van der Waals surface area (Å²) in [6.07, 6.45) is -0.362. The molecular weight excluding hydrogens is 344 g/mol. The van der Waals surface area contributed by atoms with Crippen molar-refractivity contribution in [1.82, 2.24) is 0 Å². The number of ether oxygens (including phenoxy) is 1. The molecule has 0 amide bonds. The Kier molecular flexibility index (Phi) is 6.85. The standard InChI is InChI=1S/C15H34O5Si3/c1-21(2,3)17-11-14(20-23(7,8)9)12-10-13(15(16)18-12)19-22(4,5)6/h12-14H,10-11H2,1-9H3. The first kappa shape index (κ1) is 21.0. The summed E-state index contributed by atoms with van der Waals surface area (Å²) in [5.41, 5.74) is 0. The first-order valence-electron chi connectivity index (χ1n) is 8.36. The van der Waals surface area contributed by atoms with Crippen LogP contribution in [-0.2, 0) is 22.8 Å². The van der Waals surface area contributed by atoms with Crippen LogP contribution in [0.25, 0.3) is 0 Å². The fourth-order valence-electron chi connectivity index (χ4n) is 2.33. The van der Waals surface area contributed by atoms with E-state index in [-0.39, 0.29) is 18.2 Å². The molecule has 136 valence electrons. The van der Waals surface area contributed by atoms with Gasteiger partial charge in [-0.2, -0.15) is 0 Å². The normalized spacial score (nSPS) is 24.7. The van der Waals surface area contributed by atoms with Crippen molar-refractivity contribution in [3.05, 3.63) is 0 Å². The van der Waals surface area contributed by atoms with Crippen LogP contribution in [-0.4, -0.2) is 55.8 Å². The van der Waals surface area contributed by atoms with Crippen molar-refractivity contribution in [3.63, 3.8) is 0 Å². The summed E-state index contributed by atoms with van der Waals surface area (Å²) in [5.74, 6) is -0.255. The molecule has 0 spiro atoms. The average molecular weight is 379 g/mol. The monoisotopic (exact) mass is 378 g/mol. The Morgan fingerprint density at radius 3 is 2.00 bits per heavy atom. The van der Waals surface area contributed by atoms with Crippen LogP contribution in [0, 0.1) is 0 Å². The topological polar surface area (TPSA) is 54.0 Å².